The fourth-order valence-corrected chi connectivity index (χ4v) is 2.75. The molecule has 1 aromatic rings. The van der Waals surface area contributed by atoms with Gasteiger partial charge in [-0.3, -0.25) is 24.0 Å². The largest absolute Gasteiger partial charge is 0.471 e. The smallest absolute Gasteiger partial charge is 0.456 e. The normalized spacial score (nSPS) is 14.7. The maximum Gasteiger partial charge on any atom is 0.471 e. The highest BCUT2D eigenvalue weighted by Gasteiger charge is 2.47. The van der Waals surface area contributed by atoms with Crippen LogP contribution < -0.4 is 0 Å². The first-order chi connectivity index (χ1) is 15.8. The van der Waals surface area contributed by atoms with Crippen molar-refractivity contribution in [3.8, 4) is 0 Å². The molecular formula is C20H21Cl3F3NO7. The number of benzene rings is 1. The Bertz CT molecular complexity index is 824. The van der Waals surface area contributed by atoms with Gasteiger partial charge in [-0.2, -0.15) is 13.2 Å². The zero-order chi connectivity index (χ0) is 26.3. The molecule has 1 heterocycles. The van der Waals surface area contributed by atoms with Crippen LogP contribution in [0.1, 0.15) is 25.3 Å². The average molecular weight is 551 g/mol. The standard InChI is InChI=1S/C9H9ClO2.C7H7ClF3NO2.C4H5ClO3/c10-9(11)7-12-6-8-4-2-1-3-5-8;8-5(13)4-2-1-3-12(4)6(14)7(9,10)11;1-3(6)8-2-4(5)7/h1-5H,6-7H2;4H,1-3H2;2H2,1H3/t;4-;/m.0./s1. The number of likely N-dealkylation sites (tertiary alicyclic amines) is 1. The van der Waals surface area contributed by atoms with Crippen LogP contribution in [0.2, 0.25) is 0 Å². The molecule has 34 heavy (non-hydrogen) atoms. The number of carbonyl (C=O) groups is 5. The SMILES string of the molecule is CC(=O)OCC(=O)Cl.O=C(Cl)COCc1ccccc1.O=C(Cl)[C@@H]1CCCN1C(=O)C(F)(F)F. The van der Waals surface area contributed by atoms with Crippen molar-refractivity contribution in [2.75, 3.05) is 19.8 Å². The Morgan fingerprint density at radius 2 is 1.56 bits per heavy atom. The first kappa shape index (κ1) is 31.8. The Morgan fingerprint density at radius 3 is 1.97 bits per heavy atom. The lowest BCUT2D eigenvalue weighted by Crippen LogP contribution is -2.45. The van der Waals surface area contributed by atoms with Crippen LogP contribution in [0.4, 0.5) is 13.2 Å². The van der Waals surface area contributed by atoms with E-state index in [9.17, 15) is 37.1 Å². The van der Waals surface area contributed by atoms with Gasteiger partial charge >= 0.3 is 18.1 Å². The second-order valence-corrected chi connectivity index (χ2v) is 7.64. The van der Waals surface area contributed by atoms with Gasteiger partial charge < -0.3 is 14.4 Å². The van der Waals surface area contributed by atoms with Crippen LogP contribution in [-0.2, 0) is 40.1 Å². The van der Waals surface area contributed by atoms with E-state index >= 15 is 0 Å². The zero-order valence-electron chi connectivity index (χ0n) is 17.8. The number of ether oxygens (including phenoxy) is 2. The molecule has 1 fully saturated rings. The Balaban J connectivity index is 0.000000500. The van der Waals surface area contributed by atoms with E-state index in [-0.39, 0.29) is 26.2 Å². The number of nitrogens with zero attached hydrogens (tertiary/aromatic N) is 1. The molecule has 0 unspecified atom stereocenters. The van der Waals surface area contributed by atoms with E-state index in [1.807, 2.05) is 30.3 Å². The minimum Gasteiger partial charge on any atom is -0.456 e. The summed E-state index contributed by atoms with van der Waals surface area (Å²) in [4.78, 5) is 52.0. The van der Waals surface area contributed by atoms with Gasteiger partial charge in [0, 0.05) is 13.5 Å². The van der Waals surface area contributed by atoms with Crippen LogP contribution in [0.5, 0.6) is 0 Å². The number of carbonyl (C=O) groups excluding carboxylic acids is 5. The highest BCUT2D eigenvalue weighted by atomic mass is 35.5. The van der Waals surface area contributed by atoms with E-state index in [1.54, 1.807) is 0 Å². The lowest BCUT2D eigenvalue weighted by molar-refractivity contribution is -0.186. The maximum absolute atomic E-state index is 12.0. The lowest BCUT2D eigenvalue weighted by atomic mass is 10.2. The predicted octanol–water partition coefficient (Wildman–Crippen LogP) is 3.59. The van der Waals surface area contributed by atoms with Crippen LogP contribution in [0.15, 0.2) is 30.3 Å². The van der Waals surface area contributed by atoms with Gasteiger partial charge in [-0.15, -0.1) is 0 Å². The van der Waals surface area contributed by atoms with Crippen molar-refractivity contribution >= 4 is 62.4 Å². The molecule has 1 saturated heterocycles. The molecular weight excluding hydrogens is 530 g/mol. The summed E-state index contributed by atoms with van der Waals surface area (Å²) in [5.41, 5.74) is 1.04. The third-order valence-electron chi connectivity index (χ3n) is 3.73. The molecule has 190 valence electrons. The molecule has 0 bridgehead atoms. The lowest BCUT2D eigenvalue weighted by Gasteiger charge is -2.22. The summed E-state index contributed by atoms with van der Waals surface area (Å²) in [5.74, 6) is -2.49. The summed E-state index contributed by atoms with van der Waals surface area (Å²) in [6, 6.07) is 8.50. The van der Waals surface area contributed by atoms with Crippen molar-refractivity contribution in [2.24, 2.45) is 0 Å². The number of rotatable bonds is 7. The van der Waals surface area contributed by atoms with E-state index in [0.717, 1.165) is 5.56 Å². The first-order valence-electron chi connectivity index (χ1n) is 9.44. The summed E-state index contributed by atoms with van der Waals surface area (Å²) in [6.07, 6.45) is -4.37. The van der Waals surface area contributed by atoms with E-state index in [1.165, 1.54) is 6.92 Å². The number of esters is 1. The summed E-state index contributed by atoms with van der Waals surface area (Å²) in [7, 11) is 0. The van der Waals surface area contributed by atoms with Crippen LogP contribution in [0, 0.1) is 0 Å². The number of amides is 1. The number of hydrogen-bond donors (Lipinski definition) is 0. The molecule has 1 atom stereocenters. The minimum atomic E-state index is -4.94. The van der Waals surface area contributed by atoms with E-state index in [4.69, 9.17) is 39.5 Å². The molecule has 1 aliphatic rings. The Labute approximate surface area is 208 Å². The number of alkyl halides is 3. The van der Waals surface area contributed by atoms with Gasteiger partial charge in [0.1, 0.15) is 12.6 Å². The van der Waals surface area contributed by atoms with Crippen molar-refractivity contribution in [1.82, 2.24) is 4.90 Å². The van der Waals surface area contributed by atoms with Crippen LogP contribution in [0.3, 0.4) is 0 Å². The van der Waals surface area contributed by atoms with E-state index in [0.29, 0.717) is 17.9 Å². The third-order valence-corrected chi connectivity index (χ3v) is 4.20. The molecule has 8 nitrogen and oxygen atoms in total. The monoisotopic (exact) mass is 549 g/mol. The molecule has 2 rings (SSSR count). The maximum atomic E-state index is 12.0. The molecule has 1 amide bonds. The third kappa shape index (κ3) is 14.8. The molecule has 1 aliphatic heterocycles. The van der Waals surface area contributed by atoms with Gasteiger partial charge in [0.2, 0.25) is 10.5 Å². The van der Waals surface area contributed by atoms with Crippen LogP contribution in [0.25, 0.3) is 0 Å². The molecule has 0 spiro atoms. The second kappa shape index (κ2) is 16.4. The van der Waals surface area contributed by atoms with Crippen molar-refractivity contribution < 1.29 is 46.6 Å². The van der Waals surface area contributed by atoms with Crippen molar-refractivity contribution in [3.63, 3.8) is 0 Å². The number of hydrogen-bond acceptors (Lipinski definition) is 7. The molecule has 0 aliphatic carbocycles. The first-order valence-corrected chi connectivity index (χ1v) is 10.6. The van der Waals surface area contributed by atoms with Gasteiger partial charge in [0.25, 0.3) is 5.24 Å². The highest BCUT2D eigenvalue weighted by molar-refractivity contribution is 6.65. The Kier molecular flexibility index (Phi) is 15.4. The van der Waals surface area contributed by atoms with Crippen molar-refractivity contribution in [2.45, 2.75) is 38.6 Å². The van der Waals surface area contributed by atoms with Crippen LogP contribution >= 0.6 is 34.8 Å². The van der Waals surface area contributed by atoms with Gasteiger partial charge in [0.15, 0.2) is 6.61 Å². The van der Waals surface area contributed by atoms with Gasteiger partial charge in [-0.25, -0.2) is 0 Å². The van der Waals surface area contributed by atoms with Gasteiger partial charge in [-0.1, -0.05) is 30.3 Å². The van der Waals surface area contributed by atoms with E-state index in [2.05, 4.69) is 4.74 Å². The Hall–Kier alpha value is -2.21. The van der Waals surface area contributed by atoms with Crippen LogP contribution in [-0.4, -0.2) is 64.5 Å². The average Bonchev–Trinajstić information content (AvgIpc) is 3.22. The molecule has 0 aromatic heterocycles. The topological polar surface area (TPSA) is 107 Å². The summed E-state index contributed by atoms with van der Waals surface area (Å²) < 4.78 is 45.2. The second-order valence-electron chi connectivity index (χ2n) is 6.43. The summed E-state index contributed by atoms with van der Waals surface area (Å²) in [5, 5.41) is -2.05. The summed E-state index contributed by atoms with van der Waals surface area (Å²) >= 11 is 15.0. The fraction of sp³-hybridized carbons (Fsp3) is 0.450. The molecule has 1 aromatic carbocycles. The predicted molar refractivity (Wildman–Crippen MR) is 116 cm³/mol. The van der Waals surface area contributed by atoms with E-state index < -0.39 is 39.8 Å². The molecule has 0 N–H and O–H groups in total. The Morgan fingerprint density at radius 1 is 1.00 bits per heavy atom. The molecule has 14 heteroatoms. The van der Waals surface area contributed by atoms with Gasteiger partial charge in [0.05, 0.1) is 6.61 Å². The summed E-state index contributed by atoms with van der Waals surface area (Å²) in [6.45, 7) is 1.20. The molecule has 0 radical (unpaired) electrons. The molecule has 0 saturated carbocycles. The zero-order valence-corrected chi connectivity index (χ0v) is 20.0. The van der Waals surface area contributed by atoms with Crippen molar-refractivity contribution in [1.29, 1.82) is 0 Å². The van der Waals surface area contributed by atoms with Crippen molar-refractivity contribution in [3.05, 3.63) is 35.9 Å². The highest BCUT2D eigenvalue weighted by Crippen LogP contribution is 2.26. The minimum absolute atomic E-state index is 0.0313. The number of halogens is 6. The quantitative estimate of drug-likeness (QED) is 0.377. The fourth-order valence-electron chi connectivity index (χ4n) is 2.39. The van der Waals surface area contributed by atoms with Gasteiger partial charge in [-0.05, 0) is 53.2 Å².